The Kier molecular flexibility index (Phi) is 5.99. The van der Waals surface area contributed by atoms with Crippen LogP contribution in [0.3, 0.4) is 0 Å². The Morgan fingerprint density at radius 1 is 1.14 bits per heavy atom. The third kappa shape index (κ3) is 4.39. The molecule has 4 rings (SSSR count). The minimum absolute atomic E-state index is 0.0119. The predicted molar refractivity (Wildman–Crippen MR) is 115 cm³/mol. The van der Waals surface area contributed by atoms with Crippen molar-refractivity contribution in [3.8, 4) is 0 Å². The zero-order valence-corrected chi connectivity index (χ0v) is 18.1. The van der Waals surface area contributed by atoms with E-state index in [1.54, 1.807) is 11.3 Å². The molecule has 0 bridgehead atoms. The molecule has 1 aromatic carbocycles. The fourth-order valence-electron chi connectivity index (χ4n) is 4.75. The highest BCUT2D eigenvalue weighted by atomic mass is 32.1. The third-order valence-electron chi connectivity index (χ3n) is 6.19. The number of thiazole rings is 1. The minimum atomic E-state index is -0.0119. The first-order valence-corrected chi connectivity index (χ1v) is 11.4. The van der Waals surface area contributed by atoms with Crippen LogP contribution in [-0.2, 0) is 11.3 Å². The molecule has 0 aliphatic carbocycles. The van der Waals surface area contributed by atoms with Crippen molar-refractivity contribution in [1.82, 2.24) is 19.7 Å². The number of hydrogen-bond acceptors (Lipinski definition) is 5. The molecule has 2 fully saturated rings. The van der Waals surface area contributed by atoms with Crippen molar-refractivity contribution in [3.05, 3.63) is 29.3 Å². The highest BCUT2D eigenvalue weighted by Gasteiger charge is 2.32. The molecule has 0 saturated carbocycles. The first kappa shape index (κ1) is 19.8. The van der Waals surface area contributed by atoms with Gasteiger partial charge in [-0.3, -0.25) is 14.6 Å². The smallest absolute Gasteiger partial charge is 0.239 e. The van der Waals surface area contributed by atoms with Gasteiger partial charge < -0.3 is 4.90 Å². The van der Waals surface area contributed by atoms with Crippen molar-refractivity contribution < 1.29 is 4.79 Å². The third-order valence-corrected chi connectivity index (χ3v) is 7.21. The van der Waals surface area contributed by atoms with Gasteiger partial charge in [-0.2, -0.15) is 0 Å². The number of para-hydroxylation sites is 1. The van der Waals surface area contributed by atoms with E-state index in [9.17, 15) is 4.79 Å². The molecule has 28 heavy (non-hydrogen) atoms. The van der Waals surface area contributed by atoms with E-state index in [-0.39, 0.29) is 6.04 Å². The zero-order chi connectivity index (χ0) is 19.7. The van der Waals surface area contributed by atoms with Gasteiger partial charge in [0.15, 0.2) is 0 Å². The fraction of sp³-hybridized carbons (Fsp3) is 0.636. The van der Waals surface area contributed by atoms with Crippen LogP contribution in [-0.4, -0.2) is 70.9 Å². The maximum Gasteiger partial charge on any atom is 0.239 e. The van der Waals surface area contributed by atoms with Crippen molar-refractivity contribution in [3.63, 3.8) is 0 Å². The molecule has 2 aromatic rings. The number of carbonyl (C=O) groups is 1. The molecule has 3 heterocycles. The molecule has 3 atom stereocenters. The summed E-state index contributed by atoms with van der Waals surface area (Å²) in [7, 11) is 0. The van der Waals surface area contributed by atoms with Crippen LogP contribution in [0.25, 0.3) is 10.2 Å². The van der Waals surface area contributed by atoms with Crippen molar-refractivity contribution in [2.45, 2.75) is 39.8 Å². The van der Waals surface area contributed by atoms with Crippen LogP contribution < -0.4 is 0 Å². The summed E-state index contributed by atoms with van der Waals surface area (Å²) in [6.45, 7) is 13.3. The summed E-state index contributed by atoms with van der Waals surface area (Å²) in [5.74, 6) is 1.55. The van der Waals surface area contributed by atoms with Gasteiger partial charge in [0.05, 0.1) is 22.8 Å². The molecule has 0 unspecified atom stereocenters. The molecule has 5 nitrogen and oxygen atoms in total. The van der Waals surface area contributed by atoms with Crippen molar-refractivity contribution in [1.29, 1.82) is 0 Å². The Hall–Kier alpha value is -1.50. The van der Waals surface area contributed by atoms with E-state index in [0.29, 0.717) is 17.7 Å². The average Bonchev–Trinajstić information content (AvgIpc) is 3.09. The van der Waals surface area contributed by atoms with E-state index < -0.39 is 0 Å². The quantitative estimate of drug-likeness (QED) is 0.789. The average molecular weight is 401 g/mol. The van der Waals surface area contributed by atoms with Gasteiger partial charge in [-0.05, 0) is 37.3 Å². The van der Waals surface area contributed by atoms with Gasteiger partial charge in [-0.15, -0.1) is 11.3 Å². The number of carbonyl (C=O) groups excluding carboxylic acids is 1. The van der Waals surface area contributed by atoms with Gasteiger partial charge in [0.2, 0.25) is 5.91 Å². The van der Waals surface area contributed by atoms with Crippen LogP contribution in [0.15, 0.2) is 24.3 Å². The van der Waals surface area contributed by atoms with Gasteiger partial charge in [-0.25, -0.2) is 4.98 Å². The molecular formula is C22H32N4OS. The number of piperazine rings is 1. The zero-order valence-electron chi connectivity index (χ0n) is 17.3. The standard InChI is InChI=1S/C22H32N4OS/c1-16-12-17(2)14-26(13-16)22(27)18(3)25-10-8-24(9-11-25)15-21-23-19-6-4-5-7-20(19)28-21/h4-7,16-18H,8-15H2,1-3H3/t16-,17-,18-/m1/s1. The second-order valence-electron chi connectivity index (χ2n) is 8.75. The lowest BCUT2D eigenvalue weighted by Crippen LogP contribution is -2.56. The molecular weight excluding hydrogens is 368 g/mol. The molecule has 2 saturated heterocycles. The van der Waals surface area contributed by atoms with Gasteiger partial charge >= 0.3 is 0 Å². The second kappa shape index (κ2) is 8.47. The number of hydrogen-bond donors (Lipinski definition) is 0. The van der Waals surface area contributed by atoms with Crippen LogP contribution in [0.4, 0.5) is 0 Å². The van der Waals surface area contributed by atoms with Gasteiger partial charge in [-0.1, -0.05) is 26.0 Å². The summed E-state index contributed by atoms with van der Waals surface area (Å²) in [6, 6.07) is 8.34. The number of fused-ring (bicyclic) bond motifs is 1. The van der Waals surface area contributed by atoms with Gasteiger partial charge in [0, 0.05) is 39.3 Å². The van der Waals surface area contributed by atoms with Crippen LogP contribution in [0.2, 0.25) is 0 Å². The molecule has 1 aromatic heterocycles. The molecule has 1 amide bonds. The maximum atomic E-state index is 13.0. The van der Waals surface area contributed by atoms with Gasteiger partial charge in [0.25, 0.3) is 0 Å². The number of amides is 1. The number of nitrogens with zero attached hydrogens (tertiary/aromatic N) is 4. The Labute approximate surface area is 172 Å². The normalized spacial score (nSPS) is 25.9. The van der Waals surface area contributed by atoms with Crippen molar-refractivity contribution in [2.24, 2.45) is 11.8 Å². The van der Waals surface area contributed by atoms with Gasteiger partial charge in [0.1, 0.15) is 5.01 Å². The predicted octanol–water partition coefficient (Wildman–Crippen LogP) is 3.31. The fourth-order valence-corrected chi connectivity index (χ4v) is 5.76. The lowest BCUT2D eigenvalue weighted by molar-refractivity contribution is -0.139. The largest absolute Gasteiger partial charge is 0.341 e. The maximum absolute atomic E-state index is 13.0. The second-order valence-corrected chi connectivity index (χ2v) is 9.87. The summed E-state index contributed by atoms with van der Waals surface area (Å²) in [5.41, 5.74) is 1.10. The minimum Gasteiger partial charge on any atom is -0.341 e. The summed E-state index contributed by atoms with van der Waals surface area (Å²) >= 11 is 1.79. The first-order valence-electron chi connectivity index (χ1n) is 10.6. The molecule has 2 aliphatic rings. The summed E-state index contributed by atoms with van der Waals surface area (Å²) < 4.78 is 1.26. The number of piperidine rings is 1. The number of aromatic nitrogens is 1. The molecule has 0 radical (unpaired) electrons. The highest BCUT2D eigenvalue weighted by Crippen LogP contribution is 2.24. The van der Waals surface area contributed by atoms with E-state index in [1.165, 1.54) is 16.1 Å². The summed E-state index contributed by atoms with van der Waals surface area (Å²) in [6.07, 6.45) is 1.24. The Morgan fingerprint density at radius 3 is 2.50 bits per heavy atom. The molecule has 6 heteroatoms. The SMILES string of the molecule is C[C@@H]1C[C@@H](C)CN(C(=O)[C@@H](C)N2CCN(Cc3nc4ccccc4s3)CC2)C1. The van der Waals surface area contributed by atoms with E-state index in [2.05, 4.69) is 53.7 Å². The van der Waals surface area contributed by atoms with Crippen LogP contribution >= 0.6 is 11.3 Å². The number of likely N-dealkylation sites (tertiary alicyclic amines) is 1. The molecule has 0 N–H and O–H groups in total. The highest BCUT2D eigenvalue weighted by molar-refractivity contribution is 7.18. The Bertz CT molecular complexity index is 771. The van der Waals surface area contributed by atoms with E-state index in [4.69, 9.17) is 4.98 Å². The Balaban J connectivity index is 1.30. The number of rotatable bonds is 4. The summed E-state index contributed by atoms with van der Waals surface area (Å²) in [4.78, 5) is 24.7. The van der Waals surface area contributed by atoms with Crippen LogP contribution in [0, 0.1) is 11.8 Å². The van der Waals surface area contributed by atoms with Crippen LogP contribution in [0.1, 0.15) is 32.2 Å². The van der Waals surface area contributed by atoms with Crippen molar-refractivity contribution in [2.75, 3.05) is 39.3 Å². The van der Waals surface area contributed by atoms with Crippen LogP contribution in [0.5, 0.6) is 0 Å². The summed E-state index contributed by atoms with van der Waals surface area (Å²) in [5, 5.41) is 1.19. The monoisotopic (exact) mass is 400 g/mol. The van der Waals surface area contributed by atoms with E-state index >= 15 is 0 Å². The van der Waals surface area contributed by atoms with E-state index in [1.807, 2.05) is 6.07 Å². The molecule has 152 valence electrons. The Morgan fingerprint density at radius 2 is 1.82 bits per heavy atom. The molecule has 2 aliphatic heterocycles. The molecule has 0 spiro atoms. The lowest BCUT2D eigenvalue weighted by atomic mass is 9.91. The lowest BCUT2D eigenvalue weighted by Gasteiger charge is -2.41. The van der Waals surface area contributed by atoms with Crippen molar-refractivity contribution >= 4 is 27.5 Å². The number of benzene rings is 1. The first-order chi connectivity index (χ1) is 13.5. The van der Waals surface area contributed by atoms with E-state index in [0.717, 1.165) is 51.3 Å². The topological polar surface area (TPSA) is 39.7 Å².